The van der Waals surface area contributed by atoms with Crippen LogP contribution in [0, 0.1) is 0 Å². The number of hydrogen-bond donors (Lipinski definition) is 0. The van der Waals surface area contributed by atoms with E-state index in [-0.39, 0.29) is 18.7 Å². The van der Waals surface area contributed by atoms with Gasteiger partial charge in [0, 0.05) is 18.4 Å². The minimum atomic E-state index is -2.34. The Labute approximate surface area is 68.5 Å². The van der Waals surface area contributed by atoms with Crippen LogP contribution < -0.4 is 0 Å². The Balaban J connectivity index is 2.64. The lowest BCUT2D eigenvalue weighted by atomic mass is 10.2. The van der Waals surface area contributed by atoms with Crippen LogP contribution in [0.5, 0.6) is 0 Å². The maximum absolute atomic E-state index is 7.75. The average molecular weight is 143 g/mol. The minimum absolute atomic E-state index is 0.129. The first kappa shape index (κ1) is 2.32. The third-order valence-electron chi connectivity index (χ3n) is 1.26. The van der Waals surface area contributed by atoms with E-state index in [0.717, 1.165) is 11.0 Å². The molecule has 2 heterocycles. The molecule has 1 aromatic heterocycles. The summed E-state index contributed by atoms with van der Waals surface area (Å²) >= 11 is 0. The molecule has 0 aliphatic carbocycles. The van der Waals surface area contributed by atoms with E-state index in [1.165, 1.54) is 0 Å². The Morgan fingerprint density at radius 3 is 3.60 bits per heavy atom. The first-order valence-corrected chi connectivity index (χ1v) is 3.09. The summed E-state index contributed by atoms with van der Waals surface area (Å²) in [7, 11) is 0. The van der Waals surface area contributed by atoms with Crippen LogP contribution in [0.25, 0.3) is 0 Å². The summed E-state index contributed by atoms with van der Waals surface area (Å²) in [6.07, 6.45) is -3.78. The lowest BCUT2D eigenvalue weighted by Crippen LogP contribution is -2.01. The van der Waals surface area contributed by atoms with Gasteiger partial charge in [0.05, 0.1) is 2.74 Å². The zero-order valence-corrected chi connectivity index (χ0v) is 5.33. The molecule has 0 radical (unpaired) electrons. The van der Waals surface area contributed by atoms with Crippen molar-refractivity contribution in [2.45, 2.75) is 32.1 Å². The molecule has 0 amide bonds. The smallest absolute Gasteiger partial charge is 0.138 e. The number of fused-ring (bicyclic) bond motifs is 1. The first-order valence-electron chi connectivity index (χ1n) is 6.09. The van der Waals surface area contributed by atoms with Crippen molar-refractivity contribution in [3.8, 4) is 0 Å². The molecule has 0 aromatic carbocycles. The Morgan fingerprint density at radius 1 is 1.60 bits per heavy atom. The van der Waals surface area contributed by atoms with Gasteiger partial charge >= 0.3 is 0 Å². The zero-order valence-electron chi connectivity index (χ0n) is 11.3. The Morgan fingerprint density at radius 2 is 2.60 bits per heavy atom. The number of nitrogens with zero attached hydrogens (tertiary/aromatic N) is 3. The molecule has 0 unspecified atom stereocenters. The van der Waals surface area contributed by atoms with Crippen molar-refractivity contribution in [2.24, 2.45) is 0 Å². The Kier molecular flexibility index (Phi) is 0.559. The van der Waals surface area contributed by atoms with Gasteiger partial charge in [-0.25, -0.2) is 4.98 Å². The molecule has 3 nitrogen and oxygen atoms in total. The number of aryl methyl sites for hydroxylation is 2. The molecule has 0 fully saturated rings. The van der Waals surface area contributed by atoms with E-state index in [1.807, 2.05) is 0 Å². The number of hydrogen-bond acceptors (Lipinski definition) is 2. The van der Waals surface area contributed by atoms with Gasteiger partial charge in [-0.3, -0.25) is 4.68 Å². The van der Waals surface area contributed by atoms with E-state index < -0.39 is 19.2 Å². The number of aromatic nitrogens is 3. The summed E-state index contributed by atoms with van der Waals surface area (Å²) in [6.45, 7) is -1.90. The summed E-state index contributed by atoms with van der Waals surface area (Å²) in [5.41, 5.74) is 0. The van der Waals surface area contributed by atoms with E-state index in [2.05, 4.69) is 10.1 Å². The van der Waals surface area contributed by atoms with Crippen LogP contribution in [-0.4, -0.2) is 14.8 Å². The number of rotatable bonds is 0. The molecule has 0 spiro atoms. The van der Waals surface area contributed by atoms with E-state index in [9.17, 15) is 0 Å². The predicted octanol–water partition coefficient (Wildman–Crippen LogP) is 1.00. The quantitative estimate of drug-likeness (QED) is 0.542. The molecule has 0 bridgehead atoms. The maximum Gasteiger partial charge on any atom is 0.138 e. The first-order chi connectivity index (χ1) is 7.18. The molecule has 1 aliphatic rings. The molecular formula is C7H11N3. The molecule has 0 atom stereocenters. The maximum atomic E-state index is 7.75. The highest BCUT2D eigenvalue weighted by molar-refractivity contribution is 4.86. The molecule has 1 aliphatic heterocycles. The summed E-state index contributed by atoms with van der Waals surface area (Å²) in [5.74, 6) is -0.292. The van der Waals surface area contributed by atoms with Gasteiger partial charge in [0.15, 0.2) is 0 Å². The molecule has 0 N–H and O–H groups in total. The van der Waals surface area contributed by atoms with Crippen molar-refractivity contribution in [3.63, 3.8) is 0 Å². The van der Waals surface area contributed by atoms with Gasteiger partial charge in [0.1, 0.15) is 12.2 Å². The largest absolute Gasteiger partial charge is 0.250 e. The topological polar surface area (TPSA) is 30.7 Å². The van der Waals surface area contributed by atoms with Crippen molar-refractivity contribution in [3.05, 3.63) is 12.2 Å². The van der Waals surface area contributed by atoms with Gasteiger partial charge in [0.25, 0.3) is 0 Å². The van der Waals surface area contributed by atoms with Gasteiger partial charge in [-0.1, -0.05) is 6.42 Å². The summed E-state index contributed by atoms with van der Waals surface area (Å²) in [6, 6.07) is 0. The van der Waals surface area contributed by atoms with Crippen molar-refractivity contribution < 1.29 is 8.22 Å². The van der Waals surface area contributed by atoms with Crippen LogP contribution in [0.2, 0.25) is 0 Å². The SMILES string of the molecule is [2H]C1([2H])CCC([2H])([2H])C([2H])([2H])c2ncnn21. The van der Waals surface area contributed by atoms with Crippen LogP contribution in [-0.2, 0) is 12.9 Å². The van der Waals surface area contributed by atoms with E-state index >= 15 is 0 Å². The third-order valence-corrected chi connectivity index (χ3v) is 1.26. The minimum Gasteiger partial charge on any atom is -0.250 e. The monoisotopic (exact) mass is 143 g/mol. The highest BCUT2D eigenvalue weighted by Crippen LogP contribution is 2.09. The molecule has 2 rings (SSSR count). The second-order valence-electron chi connectivity index (χ2n) is 1.96. The van der Waals surface area contributed by atoms with Gasteiger partial charge in [-0.2, -0.15) is 5.10 Å². The molecule has 0 saturated heterocycles. The predicted molar refractivity (Wildman–Crippen MR) is 37.6 cm³/mol. The van der Waals surface area contributed by atoms with Crippen LogP contribution in [0.1, 0.15) is 33.3 Å². The molecule has 54 valence electrons. The second kappa shape index (κ2) is 2.40. The molecule has 0 saturated carbocycles. The lowest BCUT2D eigenvalue weighted by Gasteiger charge is -1.96. The Hall–Kier alpha value is -0.860. The van der Waals surface area contributed by atoms with Crippen LogP contribution in [0.4, 0.5) is 0 Å². The second-order valence-corrected chi connectivity index (χ2v) is 1.96. The molecular weight excluding hydrogens is 126 g/mol. The normalized spacial score (nSPS) is 42.0. The summed E-state index contributed by atoms with van der Waals surface area (Å²) in [5, 5.41) is 3.65. The summed E-state index contributed by atoms with van der Waals surface area (Å²) < 4.78 is 47.1. The van der Waals surface area contributed by atoms with Gasteiger partial charge < -0.3 is 0 Å². The van der Waals surface area contributed by atoms with Crippen molar-refractivity contribution in [2.75, 3.05) is 0 Å². The van der Waals surface area contributed by atoms with E-state index in [0.29, 0.717) is 0 Å². The standard InChI is InChI=1S/C7H11N3/c1-2-4-7-8-6-9-10(7)5-3-1/h6H,1-5H2/i2D2,4D2,5D2. The van der Waals surface area contributed by atoms with Gasteiger partial charge in [-0.15, -0.1) is 0 Å². The van der Waals surface area contributed by atoms with Crippen molar-refractivity contribution >= 4 is 0 Å². The van der Waals surface area contributed by atoms with Gasteiger partial charge in [-0.05, 0) is 12.8 Å². The Bertz CT molecular complexity index is 412. The lowest BCUT2D eigenvalue weighted by molar-refractivity contribution is 0.575. The van der Waals surface area contributed by atoms with Crippen LogP contribution in [0.15, 0.2) is 6.33 Å². The third kappa shape index (κ3) is 0.916. The molecule has 3 heteroatoms. The van der Waals surface area contributed by atoms with Crippen molar-refractivity contribution in [1.29, 1.82) is 0 Å². The van der Waals surface area contributed by atoms with Gasteiger partial charge in [0.2, 0.25) is 0 Å². The van der Waals surface area contributed by atoms with Crippen LogP contribution >= 0.6 is 0 Å². The van der Waals surface area contributed by atoms with Crippen molar-refractivity contribution in [1.82, 2.24) is 14.8 Å². The summed E-state index contributed by atoms with van der Waals surface area (Å²) in [4.78, 5) is 3.66. The molecule has 10 heavy (non-hydrogen) atoms. The highest BCUT2D eigenvalue weighted by atomic mass is 15.3. The molecule has 1 aromatic rings. The average Bonchev–Trinajstić information content (AvgIpc) is 2.61. The van der Waals surface area contributed by atoms with E-state index in [4.69, 9.17) is 8.22 Å². The zero-order chi connectivity index (χ0) is 12.2. The van der Waals surface area contributed by atoms with Crippen LogP contribution in [0.3, 0.4) is 0 Å². The fourth-order valence-corrected chi connectivity index (χ4v) is 0.808. The fraction of sp³-hybridized carbons (Fsp3) is 0.714. The van der Waals surface area contributed by atoms with E-state index in [1.54, 1.807) is 0 Å². The highest BCUT2D eigenvalue weighted by Gasteiger charge is 2.06. The fourth-order valence-electron chi connectivity index (χ4n) is 0.808.